The van der Waals surface area contributed by atoms with E-state index in [-0.39, 0.29) is 23.4 Å². The standard InChI is InChI=1S/C19H16FN5O4/c20-14-4-2-1-3-13(14)18(27)23-15-10-21-24-17(15)19(28)22-12-7-5-11(6-8-12)9-16(26)25-29/h1-8,10,29H,9H2,(H,21,24)(H,22,28)(H,23,27)(H,25,26). The maximum Gasteiger partial charge on any atom is 0.275 e. The molecule has 29 heavy (non-hydrogen) atoms. The number of benzene rings is 2. The van der Waals surface area contributed by atoms with Crippen molar-refractivity contribution in [1.29, 1.82) is 0 Å². The number of aromatic nitrogens is 2. The number of nitrogens with one attached hydrogen (secondary N) is 4. The summed E-state index contributed by atoms with van der Waals surface area (Å²) in [6.07, 6.45) is 1.22. The van der Waals surface area contributed by atoms with Gasteiger partial charge in [0.15, 0.2) is 0 Å². The van der Waals surface area contributed by atoms with Crippen molar-refractivity contribution in [3.8, 4) is 0 Å². The predicted molar refractivity (Wildman–Crippen MR) is 101 cm³/mol. The van der Waals surface area contributed by atoms with Crippen molar-refractivity contribution in [3.63, 3.8) is 0 Å². The molecular weight excluding hydrogens is 381 g/mol. The summed E-state index contributed by atoms with van der Waals surface area (Å²) < 4.78 is 13.7. The summed E-state index contributed by atoms with van der Waals surface area (Å²) in [5.41, 5.74) is 2.52. The molecule has 0 atom stereocenters. The Balaban J connectivity index is 1.68. The van der Waals surface area contributed by atoms with E-state index in [1.54, 1.807) is 24.3 Å². The molecular formula is C19H16FN5O4. The molecule has 1 aromatic heterocycles. The average Bonchev–Trinajstić information content (AvgIpc) is 3.17. The Morgan fingerprint density at radius 2 is 1.72 bits per heavy atom. The lowest BCUT2D eigenvalue weighted by Crippen LogP contribution is -2.20. The van der Waals surface area contributed by atoms with E-state index >= 15 is 0 Å². The maximum atomic E-state index is 13.7. The lowest BCUT2D eigenvalue weighted by molar-refractivity contribution is -0.128. The van der Waals surface area contributed by atoms with Crippen LogP contribution in [0.25, 0.3) is 0 Å². The van der Waals surface area contributed by atoms with Crippen LogP contribution in [0.5, 0.6) is 0 Å². The average molecular weight is 397 g/mol. The second-order valence-electron chi connectivity index (χ2n) is 5.96. The molecule has 1 heterocycles. The van der Waals surface area contributed by atoms with Crippen molar-refractivity contribution < 1.29 is 24.0 Å². The van der Waals surface area contributed by atoms with Gasteiger partial charge in [-0.15, -0.1) is 0 Å². The number of aromatic amines is 1. The monoisotopic (exact) mass is 397 g/mol. The quantitative estimate of drug-likeness (QED) is 0.321. The van der Waals surface area contributed by atoms with E-state index in [4.69, 9.17) is 5.21 Å². The molecule has 9 nitrogen and oxygen atoms in total. The molecule has 2 aromatic carbocycles. The molecule has 10 heteroatoms. The van der Waals surface area contributed by atoms with E-state index in [0.29, 0.717) is 11.3 Å². The first-order valence-electron chi connectivity index (χ1n) is 8.40. The molecule has 3 aromatic rings. The largest absolute Gasteiger partial charge is 0.321 e. The minimum absolute atomic E-state index is 0.0153. The molecule has 0 unspecified atom stereocenters. The van der Waals surface area contributed by atoms with Gasteiger partial charge in [-0.2, -0.15) is 5.10 Å². The van der Waals surface area contributed by atoms with Crippen molar-refractivity contribution in [2.24, 2.45) is 0 Å². The van der Waals surface area contributed by atoms with Crippen LogP contribution >= 0.6 is 0 Å². The van der Waals surface area contributed by atoms with E-state index in [0.717, 1.165) is 6.07 Å². The number of hydroxylamine groups is 1. The Kier molecular flexibility index (Phi) is 5.95. The van der Waals surface area contributed by atoms with Gasteiger partial charge >= 0.3 is 0 Å². The second kappa shape index (κ2) is 8.76. The van der Waals surface area contributed by atoms with Gasteiger partial charge in [0.2, 0.25) is 5.91 Å². The fourth-order valence-corrected chi connectivity index (χ4v) is 2.51. The van der Waals surface area contributed by atoms with Crippen molar-refractivity contribution in [2.75, 3.05) is 10.6 Å². The first-order chi connectivity index (χ1) is 14.0. The number of rotatable bonds is 6. The van der Waals surface area contributed by atoms with E-state index in [2.05, 4.69) is 20.8 Å². The summed E-state index contributed by atoms with van der Waals surface area (Å²) >= 11 is 0. The number of H-pyrrole nitrogens is 1. The Hall–Kier alpha value is -4.05. The molecule has 3 amide bonds. The highest BCUT2D eigenvalue weighted by Gasteiger charge is 2.18. The van der Waals surface area contributed by atoms with E-state index in [9.17, 15) is 18.8 Å². The lowest BCUT2D eigenvalue weighted by Gasteiger charge is -2.08. The van der Waals surface area contributed by atoms with Crippen LogP contribution in [0.2, 0.25) is 0 Å². The third-order valence-corrected chi connectivity index (χ3v) is 3.93. The van der Waals surface area contributed by atoms with Gasteiger partial charge in [0.25, 0.3) is 11.8 Å². The van der Waals surface area contributed by atoms with Crippen LogP contribution in [0.3, 0.4) is 0 Å². The van der Waals surface area contributed by atoms with Gasteiger partial charge in [-0.1, -0.05) is 24.3 Å². The summed E-state index contributed by atoms with van der Waals surface area (Å²) in [5, 5.41) is 19.8. The third-order valence-electron chi connectivity index (χ3n) is 3.93. The number of anilines is 2. The Morgan fingerprint density at radius 1 is 1.00 bits per heavy atom. The summed E-state index contributed by atoms with van der Waals surface area (Å²) in [6, 6.07) is 11.8. The molecule has 0 spiro atoms. The Morgan fingerprint density at radius 3 is 2.41 bits per heavy atom. The van der Waals surface area contributed by atoms with Crippen LogP contribution in [-0.2, 0) is 11.2 Å². The van der Waals surface area contributed by atoms with Crippen molar-refractivity contribution in [2.45, 2.75) is 6.42 Å². The minimum Gasteiger partial charge on any atom is -0.321 e. The van der Waals surface area contributed by atoms with Gasteiger partial charge in [0.05, 0.1) is 23.9 Å². The third kappa shape index (κ3) is 4.82. The number of halogens is 1. The molecule has 5 N–H and O–H groups in total. The van der Waals surface area contributed by atoms with Crippen molar-refractivity contribution >= 4 is 29.1 Å². The van der Waals surface area contributed by atoms with E-state index in [1.165, 1.54) is 29.9 Å². The summed E-state index contributed by atoms with van der Waals surface area (Å²) in [4.78, 5) is 35.9. The van der Waals surface area contributed by atoms with Gasteiger partial charge in [-0.05, 0) is 29.8 Å². The van der Waals surface area contributed by atoms with Gasteiger partial charge in [-0.3, -0.25) is 24.7 Å². The summed E-state index contributed by atoms with van der Waals surface area (Å²) in [6.45, 7) is 0. The zero-order chi connectivity index (χ0) is 20.8. The smallest absolute Gasteiger partial charge is 0.275 e. The first-order valence-corrected chi connectivity index (χ1v) is 8.40. The fourth-order valence-electron chi connectivity index (χ4n) is 2.51. The minimum atomic E-state index is -0.718. The lowest BCUT2D eigenvalue weighted by atomic mass is 10.1. The van der Waals surface area contributed by atoms with Crippen LogP contribution < -0.4 is 16.1 Å². The summed E-state index contributed by atoms with van der Waals surface area (Å²) in [7, 11) is 0. The molecule has 0 saturated heterocycles. The molecule has 0 fully saturated rings. The Labute approximate surface area is 163 Å². The highest BCUT2D eigenvalue weighted by molar-refractivity contribution is 6.11. The predicted octanol–water partition coefficient (Wildman–Crippen LogP) is 2.10. The van der Waals surface area contributed by atoms with Crippen LogP contribution in [-0.4, -0.2) is 33.1 Å². The zero-order valence-corrected chi connectivity index (χ0v) is 14.9. The number of carbonyl (C=O) groups excluding carboxylic acids is 3. The Bertz CT molecular complexity index is 1050. The molecule has 0 saturated carbocycles. The number of hydrogen-bond acceptors (Lipinski definition) is 5. The van der Waals surface area contributed by atoms with Gasteiger partial charge < -0.3 is 10.6 Å². The fraction of sp³-hybridized carbons (Fsp3) is 0.0526. The van der Waals surface area contributed by atoms with E-state index in [1.807, 2.05) is 0 Å². The van der Waals surface area contributed by atoms with Crippen LogP contribution in [0, 0.1) is 5.82 Å². The number of carbonyl (C=O) groups is 3. The van der Waals surface area contributed by atoms with Crippen LogP contribution in [0.1, 0.15) is 26.4 Å². The molecule has 0 aliphatic heterocycles. The number of hydrogen-bond donors (Lipinski definition) is 5. The molecule has 0 aliphatic carbocycles. The van der Waals surface area contributed by atoms with E-state index < -0.39 is 23.5 Å². The zero-order valence-electron chi connectivity index (χ0n) is 14.9. The highest BCUT2D eigenvalue weighted by atomic mass is 19.1. The first kappa shape index (κ1) is 19.7. The second-order valence-corrected chi connectivity index (χ2v) is 5.96. The molecule has 0 aliphatic rings. The van der Waals surface area contributed by atoms with Crippen molar-refractivity contribution in [1.82, 2.24) is 15.7 Å². The normalized spacial score (nSPS) is 10.3. The number of amides is 3. The topological polar surface area (TPSA) is 136 Å². The highest BCUT2D eigenvalue weighted by Crippen LogP contribution is 2.17. The van der Waals surface area contributed by atoms with Gasteiger partial charge in [0, 0.05) is 5.69 Å². The van der Waals surface area contributed by atoms with Crippen LogP contribution in [0.4, 0.5) is 15.8 Å². The maximum absolute atomic E-state index is 13.7. The van der Waals surface area contributed by atoms with Crippen molar-refractivity contribution in [3.05, 3.63) is 77.4 Å². The van der Waals surface area contributed by atoms with Crippen LogP contribution in [0.15, 0.2) is 54.7 Å². The molecule has 148 valence electrons. The number of nitrogens with zero attached hydrogens (tertiary/aromatic N) is 1. The molecule has 3 rings (SSSR count). The summed E-state index contributed by atoms with van der Waals surface area (Å²) in [5.74, 6) is -2.54. The SMILES string of the molecule is O=C(Cc1ccc(NC(=O)c2[nH]ncc2NC(=O)c2ccccc2F)cc1)NO. The van der Waals surface area contributed by atoms with Gasteiger partial charge in [0.1, 0.15) is 11.5 Å². The molecule has 0 radical (unpaired) electrons. The molecule has 0 bridgehead atoms. The van der Waals surface area contributed by atoms with Gasteiger partial charge in [-0.25, -0.2) is 9.87 Å².